The third-order valence-corrected chi connectivity index (χ3v) is 4.86. The van der Waals surface area contributed by atoms with E-state index in [1.807, 2.05) is 7.11 Å². The standard InChI is InChI=1S/C17H23BO/c1-16-9-15(14-7-5-4-6-8-14)10-17(2,11-16)13-18(12-16)19-3/h4-9H,10-13H2,1-3H3/t16-,17+/m1/s1. The predicted molar refractivity (Wildman–Crippen MR) is 82.2 cm³/mol. The van der Waals surface area contributed by atoms with E-state index in [9.17, 15) is 0 Å². The van der Waals surface area contributed by atoms with Crippen LogP contribution in [0.2, 0.25) is 12.6 Å². The molecule has 1 aliphatic heterocycles. The summed E-state index contributed by atoms with van der Waals surface area (Å²) in [5, 5.41) is 0. The Hall–Kier alpha value is -1.02. The van der Waals surface area contributed by atoms with E-state index >= 15 is 0 Å². The molecule has 2 bridgehead atoms. The molecule has 1 heterocycles. The number of rotatable bonds is 2. The van der Waals surface area contributed by atoms with Crippen molar-refractivity contribution in [1.29, 1.82) is 0 Å². The fraction of sp³-hybridized carbons (Fsp3) is 0.529. The number of allylic oxidation sites excluding steroid dienone is 2. The van der Waals surface area contributed by atoms with Gasteiger partial charge in [-0.15, -0.1) is 0 Å². The molecule has 1 aromatic carbocycles. The first-order chi connectivity index (χ1) is 9.02. The Morgan fingerprint density at radius 1 is 1.11 bits per heavy atom. The summed E-state index contributed by atoms with van der Waals surface area (Å²) < 4.78 is 5.67. The van der Waals surface area contributed by atoms with Crippen LogP contribution in [0.5, 0.6) is 0 Å². The van der Waals surface area contributed by atoms with Gasteiger partial charge in [0.1, 0.15) is 0 Å². The van der Waals surface area contributed by atoms with Crippen LogP contribution in [0.3, 0.4) is 0 Å². The monoisotopic (exact) mass is 254 g/mol. The van der Waals surface area contributed by atoms with Crippen LogP contribution in [0, 0.1) is 10.8 Å². The zero-order valence-corrected chi connectivity index (χ0v) is 12.3. The van der Waals surface area contributed by atoms with Gasteiger partial charge in [0.05, 0.1) is 0 Å². The fourth-order valence-corrected chi connectivity index (χ4v) is 4.44. The molecule has 1 aromatic rings. The first-order valence-electron chi connectivity index (χ1n) is 7.32. The summed E-state index contributed by atoms with van der Waals surface area (Å²) in [4.78, 5) is 0. The highest BCUT2D eigenvalue weighted by Gasteiger charge is 2.47. The normalized spacial score (nSPS) is 34.1. The van der Waals surface area contributed by atoms with Crippen molar-refractivity contribution in [1.82, 2.24) is 0 Å². The maximum Gasteiger partial charge on any atom is 0.294 e. The molecule has 0 aromatic heterocycles. The van der Waals surface area contributed by atoms with Crippen molar-refractivity contribution in [2.75, 3.05) is 7.11 Å². The molecule has 3 rings (SSSR count). The van der Waals surface area contributed by atoms with E-state index in [2.05, 4.69) is 50.3 Å². The molecular formula is C17H23BO. The van der Waals surface area contributed by atoms with Gasteiger partial charge in [0.2, 0.25) is 0 Å². The fourth-order valence-electron chi connectivity index (χ4n) is 4.44. The van der Waals surface area contributed by atoms with Gasteiger partial charge in [-0.3, -0.25) is 0 Å². The lowest BCUT2D eigenvalue weighted by molar-refractivity contribution is 0.188. The first kappa shape index (κ1) is 13.0. The van der Waals surface area contributed by atoms with Crippen molar-refractivity contribution in [3.05, 3.63) is 42.0 Å². The molecule has 0 N–H and O–H groups in total. The summed E-state index contributed by atoms with van der Waals surface area (Å²) in [6, 6.07) is 10.9. The average Bonchev–Trinajstić information content (AvgIpc) is 2.36. The number of hydrogen-bond acceptors (Lipinski definition) is 1. The van der Waals surface area contributed by atoms with Gasteiger partial charge in [-0.05, 0) is 47.4 Å². The Kier molecular flexibility index (Phi) is 3.09. The quantitative estimate of drug-likeness (QED) is 0.704. The Morgan fingerprint density at radius 3 is 2.47 bits per heavy atom. The van der Waals surface area contributed by atoms with Crippen molar-refractivity contribution in [3.63, 3.8) is 0 Å². The van der Waals surface area contributed by atoms with Crippen LogP contribution in [0.25, 0.3) is 5.57 Å². The minimum Gasteiger partial charge on any atom is -0.438 e. The van der Waals surface area contributed by atoms with Gasteiger partial charge in [0.15, 0.2) is 0 Å². The molecule has 1 saturated heterocycles. The highest BCUT2D eigenvalue weighted by molar-refractivity contribution is 6.52. The summed E-state index contributed by atoms with van der Waals surface area (Å²) in [7, 11) is 1.86. The van der Waals surface area contributed by atoms with E-state index < -0.39 is 0 Å². The van der Waals surface area contributed by atoms with Crippen molar-refractivity contribution >= 4 is 12.5 Å². The van der Waals surface area contributed by atoms with E-state index in [0.717, 1.165) is 6.32 Å². The first-order valence-corrected chi connectivity index (χ1v) is 7.32. The molecule has 2 atom stereocenters. The summed E-state index contributed by atoms with van der Waals surface area (Å²) in [6.45, 7) is 5.27. The van der Waals surface area contributed by atoms with Gasteiger partial charge in [-0.1, -0.05) is 50.3 Å². The van der Waals surface area contributed by atoms with Gasteiger partial charge >= 0.3 is 0 Å². The van der Waals surface area contributed by atoms with Crippen molar-refractivity contribution in [2.24, 2.45) is 10.8 Å². The van der Waals surface area contributed by atoms with E-state index in [4.69, 9.17) is 4.65 Å². The molecule has 1 aliphatic carbocycles. The van der Waals surface area contributed by atoms with E-state index in [0.29, 0.717) is 17.7 Å². The Balaban J connectivity index is 1.98. The highest BCUT2D eigenvalue weighted by Crippen LogP contribution is 2.56. The van der Waals surface area contributed by atoms with Crippen LogP contribution in [0.4, 0.5) is 0 Å². The maximum atomic E-state index is 5.67. The Labute approximate surface area is 117 Å². The van der Waals surface area contributed by atoms with E-state index in [-0.39, 0.29) is 0 Å². The molecule has 0 unspecified atom stereocenters. The second kappa shape index (κ2) is 4.52. The summed E-state index contributed by atoms with van der Waals surface area (Å²) in [5.41, 5.74) is 3.63. The number of fused-ring (bicyclic) bond motifs is 2. The zero-order valence-electron chi connectivity index (χ0n) is 12.3. The van der Waals surface area contributed by atoms with Crippen molar-refractivity contribution in [2.45, 2.75) is 39.3 Å². The molecule has 2 heteroatoms. The lowest BCUT2D eigenvalue weighted by Gasteiger charge is -2.49. The minimum atomic E-state index is 0.303. The smallest absolute Gasteiger partial charge is 0.294 e. The van der Waals surface area contributed by atoms with Crippen LogP contribution in [0.1, 0.15) is 32.3 Å². The summed E-state index contributed by atoms with van der Waals surface area (Å²) in [5.74, 6) is 0. The second-order valence-corrected chi connectivity index (χ2v) is 7.12. The molecular weight excluding hydrogens is 231 g/mol. The van der Waals surface area contributed by atoms with Gasteiger partial charge < -0.3 is 4.65 Å². The molecule has 1 nitrogen and oxygen atoms in total. The Morgan fingerprint density at radius 2 is 1.84 bits per heavy atom. The molecule has 0 saturated carbocycles. The maximum absolute atomic E-state index is 5.67. The lowest BCUT2D eigenvalue weighted by Crippen LogP contribution is -2.43. The van der Waals surface area contributed by atoms with Crippen LogP contribution >= 0.6 is 0 Å². The number of benzene rings is 1. The highest BCUT2D eigenvalue weighted by atomic mass is 16.4. The van der Waals surface area contributed by atoms with Gasteiger partial charge in [-0.25, -0.2) is 0 Å². The Bertz CT molecular complexity index is 495. The molecule has 1 fully saturated rings. The molecule has 0 amide bonds. The predicted octanol–water partition coefficient (Wildman–Crippen LogP) is 4.53. The van der Waals surface area contributed by atoms with Crippen LogP contribution < -0.4 is 0 Å². The van der Waals surface area contributed by atoms with E-state index in [1.165, 1.54) is 30.3 Å². The van der Waals surface area contributed by atoms with Crippen LogP contribution in [-0.4, -0.2) is 14.0 Å². The average molecular weight is 254 g/mol. The number of hydrogen-bond donors (Lipinski definition) is 0. The van der Waals surface area contributed by atoms with Gasteiger partial charge in [0, 0.05) is 7.11 Å². The summed E-state index contributed by atoms with van der Waals surface area (Å²) in [6.07, 6.45) is 7.37. The topological polar surface area (TPSA) is 9.23 Å². The van der Waals surface area contributed by atoms with Crippen LogP contribution in [0.15, 0.2) is 36.4 Å². The van der Waals surface area contributed by atoms with Gasteiger partial charge in [-0.2, -0.15) is 0 Å². The van der Waals surface area contributed by atoms with Crippen LogP contribution in [-0.2, 0) is 4.65 Å². The SMILES string of the molecule is COB1C[C@]2(C)C=C(c3ccccc3)C[C@](C)(C1)C2. The molecule has 2 aliphatic rings. The molecule has 19 heavy (non-hydrogen) atoms. The van der Waals surface area contributed by atoms with Crippen molar-refractivity contribution < 1.29 is 4.65 Å². The van der Waals surface area contributed by atoms with Gasteiger partial charge in [0.25, 0.3) is 6.92 Å². The zero-order chi connectivity index (χ0) is 13.5. The minimum absolute atomic E-state index is 0.303. The second-order valence-electron chi connectivity index (χ2n) is 7.12. The largest absolute Gasteiger partial charge is 0.438 e. The molecule has 0 radical (unpaired) electrons. The third-order valence-electron chi connectivity index (χ3n) is 4.86. The third kappa shape index (κ3) is 2.51. The van der Waals surface area contributed by atoms with Crippen molar-refractivity contribution in [3.8, 4) is 0 Å². The molecule has 0 spiro atoms. The lowest BCUT2D eigenvalue weighted by atomic mass is 9.39. The summed E-state index contributed by atoms with van der Waals surface area (Å²) >= 11 is 0. The molecule has 100 valence electrons. The van der Waals surface area contributed by atoms with E-state index in [1.54, 1.807) is 0 Å².